The summed E-state index contributed by atoms with van der Waals surface area (Å²) in [5.41, 5.74) is 6.45. The van der Waals surface area contributed by atoms with Crippen molar-refractivity contribution in [3.8, 4) is 0 Å². The molecule has 2 rings (SSSR count). The lowest BCUT2D eigenvalue weighted by Gasteiger charge is -2.09. The molecule has 0 aliphatic rings. The summed E-state index contributed by atoms with van der Waals surface area (Å²) in [4.78, 5) is 3.76. The summed E-state index contributed by atoms with van der Waals surface area (Å²) in [5, 5.41) is 0.335. The van der Waals surface area contributed by atoms with E-state index in [0.717, 1.165) is 17.8 Å². The van der Waals surface area contributed by atoms with Crippen molar-refractivity contribution in [1.82, 2.24) is 4.98 Å². The third kappa shape index (κ3) is 3.58. The molecule has 0 radical (unpaired) electrons. The van der Waals surface area contributed by atoms with E-state index in [0.29, 0.717) is 16.5 Å². The van der Waals surface area contributed by atoms with Gasteiger partial charge in [0.15, 0.2) is 0 Å². The first-order chi connectivity index (χ1) is 9.38. The average Bonchev–Trinajstić information content (AvgIpc) is 2.38. The summed E-state index contributed by atoms with van der Waals surface area (Å²) < 4.78 is 37.4. The zero-order valence-electron chi connectivity index (χ0n) is 10.1. The first kappa shape index (κ1) is 15.0. The molecular weight excluding hydrogens is 309 g/mol. The Morgan fingerprint density at radius 3 is 2.55 bits per heavy atom. The molecule has 20 heavy (non-hydrogen) atoms. The maximum atomic E-state index is 12.5. The van der Waals surface area contributed by atoms with Gasteiger partial charge in [-0.3, -0.25) is 0 Å². The fourth-order valence-electron chi connectivity index (χ4n) is 1.50. The van der Waals surface area contributed by atoms with Gasteiger partial charge in [0.05, 0.1) is 10.6 Å². The second kappa shape index (κ2) is 5.93. The molecule has 0 atom stereocenters. The second-order valence-corrected chi connectivity index (χ2v) is 5.37. The summed E-state index contributed by atoms with van der Waals surface area (Å²) in [6.45, 7) is 0. The molecule has 2 N–H and O–H groups in total. The number of anilines is 1. The zero-order valence-corrected chi connectivity index (χ0v) is 11.7. The van der Waals surface area contributed by atoms with E-state index in [9.17, 15) is 13.2 Å². The molecular formula is C13H10ClF3N2S. The van der Waals surface area contributed by atoms with Crippen molar-refractivity contribution in [2.45, 2.75) is 17.0 Å². The topological polar surface area (TPSA) is 38.9 Å². The predicted molar refractivity (Wildman–Crippen MR) is 74.7 cm³/mol. The quantitative estimate of drug-likeness (QED) is 0.662. The highest BCUT2D eigenvalue weighted by atomic mass is 35.5. The minimum Gasteiger partial charge on any atom is -0.398 e. The Kier molecular flexibility index (Phi) is 4.45. The molecule has 2 nitrogen and oxygen atoms in total. The van der Waals surface area contributed by atoms with Gasteiger partial charge in [-0.05, 0) is 17.7 Å². The van der Waals surface area contributed by atoms with Crippen molar-refractivity contribution in [2.75, 3.05) is 5.73 Å². The first-order valence-corrected chi connectivity index (χ1v) is 6.93. The van der Waals surface area contributed by atoms with Crippen LogP contribution in [-0.2, 0) is 11.9 Å². The molecule has 0 saturated carbocycles. The highest BCUT2D eigenvalue weighted by Gasteiger charge is 2.31. The van der Waals surface area contributed by atoms with Crippen molar-refractivity contribution in [3.05, 3.63) is 52.7 Å². The van der Waals surface area contributed by atoms with Gasteiger partial charge in [-0.1, -0.05) is 29.8 Å². The standard InChI is InChI=1S/C13H10ClF3N2S/c14-10-5-9(13(15,16)17)6-19-12(10)20-7-8-3-1-2-4-11(8)18/h1-6H,7,18H2. The van der Waals surface area contributed by atoms with Crippen LogP contribution in [0.3, 0.4) is 0 Å². The van der Waals surface area contributed by atoms with Crippen molar-refractivity contribution in [1.29, 1.82) is 0 Å². The van der Waals surface area contributed by atoms with E-state index >= 15 is 0 Å². The van der Waals surface area contributed by atoms with E-state index in [1.165, 1.54) is 11.8 Å². The van der Waals surface area contributed by atoms with Gasteiger partial charge in [-0.25, -0.2) is 4.98 Å². The van der Waals surface area contributed by atoms with E-state index in [2.05, 4.69) is 4.98 Å². The Morgan fingerprint density at radius 1 is 1.25 bits per heavy atom. The number of thioether (sulfide) groups is 1. The van der Waals surface area contributed by atoms with Gasteiger partial charge in [-0.15, -0.1) is 11.8 Å². The molecule has 0 aliphatic heterocycles. The molecule has 106 valence electrons. The Labute approximate surface area is 123 Å². The molecule has 7 heteroatoms. The Bertz CT molecular complexity index is 617. The van der Waals surface area contributed by atoms with Crippen molar-refractivity contribution < 1.29 is 13.2 Å². The highest BCUT2D eigenvalue weighted by molar-refractivity contribution is 7.98. The van der Waals surface area contributed by atoms with Crippen LogP contribution in [0.1, 0.15) is 11.1 Å². The Balaban J connectivity index is 2.13. The molecule has 0 aliphatic carbocycles. The van der Waals surface area contributed by atoms with Gasteiger partial charge < -0.3 is 5.73 Å². The van der Waals surface area contributed by atoms with Gasteiger partial charge in [0.2, 0.25) is 0 Å². The van der Waals surface area contributed by atoms with Gasteiger partial charge in [0, 0.05) is 17.6 Å². The predicted octanol–water partition coefficient (Wildman–Crippen LogP) is 4.63. The summed E-state index contributed by atoms with van der Waals surface area (Å²) in [5.74, 6) is 0.491. The molecule has 0 fully saturated rings. The Hall–Kier alpha value is -1.40. The molecule has 0 saturated heterocycles. The van der Waals surface area contributed by atoms with Crippen molar-refractivity contribution in [2.24, 2.45) is 0 Å². The van der Waals surface area contributed by atoms with Gasteiger partial charge in [0.25, 0.3) is 0 Å². The molecule has 1 aromatic carbocycles. The van der Waals surface area contributed by atoms with Crippen LogP contribution >= 0.6 is 23.4 Å². The maximum absolute atomic E-state index is 12.5. The van der Waals surface area contributed by atoms with Gasteiger partial charge in [-0.2, -0.15) is 13.2 Å². The largest absolute Gasteiger partial charge is 0.417 e. The lowest BCUT2D eigenvalue weighted by molar-refractivity contribution is -0.137. The number of rotatable bonds is 3. The fourth-order valence-corrected chi connectivity index (χ4v) is 2.71. The SMILES string of the molecule is Nc1ccccc1CSc1ncc(C(F)(F)F)cc1Cl. The first-order valence-electron chi connectivity index (χ1n) is 5.57. The number of nitrogens with zero attached hydrogens (tertiary/aromatic N) is 1. The van der Waals surface area contributed by atoms with Crippen LogP contribution in [0.5, 0.6) is 0 Å². The number of pyridine rings is 1. The van der Waals surface area contributed by atoms with Crippen LogP contribution in [0.15, 0.2) is 41.6 Å². The lowest BCUT2D eigenvalue weighted by atomic mass is 10.2. The number of nitrogen functional groups attached to an aromatic ring is 1. The number of benzene rings is 1. The molecule has 0 spiro atoms. The van der Waals surface area contributed by atoms with E-state index in [-0.39, 0.29) is 5.02 Å². The molecule has 0 bridgehead atoms. The molecule has 0 unspecified atom stereocenters. The number of alkyl halides is 3. The van der Waals surface area contributed by atoms with Crippen LogP contribution < -0.4 is 5.73 Å². The molecule has 0 amide bonds. The number of para-hydroxylation sites is 1. The summed E-state index contributed by atoms with van der Waals surface area (Å²) in [6.07, 6.45) is -3.66. The minimum atomic E-state index is -4.44. The monoisotopic (exact) mass is 318 g/mol. The van der Waals surface area contributed by atoms with Crippen LogP contribution in [-0.4, -0.2) is 4.98 Å². The average molecular weight is 319 g/mol. The van der Waals surface area contributed by atoms with Crippen LogP contribution in [0.2, 0.25) is 5.02 Å². The molecule has 1 heterocycles. The highest BCUT2D eigenvalue weighted by Crippen LogP contribution is 2.34. The second-order valence-electron chi connectivity index (χ2n) is 4.00. The van der Waals surface area contributed by atoms with Crippen LogP contribution in [0.4, 0.5) is 18.9 Å². The van der Waals surface area contributed by atoms with E-state index in [1.807, 2.05) is 18.2 Å². The molecule has 1 aromatic heterocycles. The van der Waals surface area contributed by atoms with Crippen molar-refractivity contribution >= 4 is 29.1 Å². The summed E-state index contributed by atoms with van der Waals surface area (Å²) in [7, 11) is 0. The molecule has 2 aromatic rings. The fraction of sp³-hybridized carbons (Fsp3) is 0.154. The van der Waals surface area contributed by atoms with Crippen molar-refractivity contribution in [3.63, 3.8) is 0 Å². The van der Waals surface area contributed by atoms with Crippen LogP contribution in [0.25, 0.3) is 0 Å². The van der Waals surface area contributed by atoms with Gasteiger partial charge in [0.1, 0.15) is 5.03 Å². The summed E-state index contributed by atoms with van der Waals surface area (Å²) >= 11 is 7.07. The number of hydrogen-bond acceptors (Lipinski definition) is 3. The number of aromatic nitrogens is 1. The van der Waals surface area contributed by atoms with E-state index in [1.54, 1.807) is 6.07 Å². The van der Waals surface area contributed by atoms with Crippen LogP contribution in [0, 0.1) is 0 Å². The zero-order chi connectivity index (χ0) is 14.8. The summed E-state index contributed by atoms with van der Waals surface area (Å²) in [6, 6.07) is 8.14. The van der Waals surface area contributed by atoms with E-state index in [4.69, 9.17) is 17.3 Å². The lowest BCUT2D eigenvalue weighted by Crippen LogP contribution is -2.05. The van der Waals surface area contributed by atoms with Gasteiger partial charge >= 0.3 is 6.18 Å². The normalized spacial score (nSPS) is 11.6. The number of hydrogen-bond donors (Lipinski definition) is 1. The maximum Gasteiger partial charge on any atom is 0.417 e. The smallest absolute Gasteiger partial charge is 0.398 e. The third-order valence-electron chi connectivity index (χ3n) is 2.55. The third-order valence-corrected chi connectivity index (χ3v) is 4.01. The number of halogens is 4. The minimum absolute atomic E-state index is 0.0145. The number of nitrogens with two attached hydrogens (primary N) is 1. The van der Waals surface area contributed by atoms with E-state index < -0.39 is 11.7 Å². The Morgan fingerprint density at radius 2 is 1.95 bits per heavy atom.